The second kappa shape index (κ2) is 15.2. The molecule has 0 aromatic heterocycles. The highest BCUT2D eigenvalue weighted by molar-refractivity contribution is 5.71. The summed E-state index contributed by atoms with van der Waals surface area (Å²) in [6.45, 7) is 4.83. The highest BCUT2D eigenvalue weighted by Crippen LogP contribution is 2.34. The maximum absolute atomic E-state index is 15.2. The van der Waals surface area contributed by atoms with Gasteiger partial charge in [0.05, 0.1) is 12.7 Å². The number of unbranched alkanes of at least 4 members (excludes halogenated alkanes) is 5. The number of hydrogen-bond donors (Lipinski definition) is 0. The summed E-state index contributed by atoms with van der Waals surface area (Å²) in [6, 6.07) is 15.8. The van der Waals surface area contributed by atoms with Crippen LogP contribution in [0.1, 0.15) is 95.1 Å². The first-order valence-corrected chi connectivity index (χ1v) is 15.1. The minimum Gasteiger partial charge on any atom is -0.378 e. The topological polar surface area (TPSA) is 9.23 Å². The van der Waals surface area contributed by atoms with Gasteiger partial charge >= 0.3 is 0 Å². The van der Waals surface area contributed by atoms with E-state index in [-0.39, 0.29) is 23.4 Å². The normalized spacial score (nSPS) is 17.5. The van der Waals surface area contributed by atoms with Gasteiger partial charge in [0.2, 0.25) is 0 Å². The van der Waals surface area contributed by atoms with Crippen LogP contribution in [-0.2, 0) is 11.2 Å². The van der Waals surface area contributed by atoms with E-state index in [9.17, 15) is 8.78 Å². The van der Waals surface area contributed by atoms with Crippen molar-refractivity contribution in [2.75, 3.05) is 6.61 Å². The van der Waals surface area contributed by atoms with E-state index >= 15 is 4.39 Å². The standard InChI is InChI=1S/C36H43F3O/c1-3-5-7-8-9-11-12-28-19-23-33(36(39)35(28)38)27-16-14-26(15-17-27)32-22-20-29(24-34(32)37)30-18-21-31(40-25-30)13-10-6-4-2/h4,6,14-17,19-20,22-24,30-31H,3,5,7-13,18,21,25H2,1-2H3. The van der Waals surface area contributed by atoms with Crippen LogP contribution in [0.15, 0.2) is 66.7 Å². The van der Waals surface area contributed by atoms with E-state index in [0.717, 1.165) is 50.5 Å². The van der Waals surface area contributed by atoms with Crippen LogP contribution in [-0.4, -0.2) is 12.7 Å². The maximum Gasteiger partial charge on any atom is 0.166 e. The van der Waals surface area contributed by atoms with E-state index in [1.54, 1.807) is 42.5 Å². The number of halogens is 3. The first-order chi connectivity index (χ1) is 19.5. The van der Waals surface area contributed by atoms with E-state index in [1.165, 1.54) is 19.3 Å². The summed E-state index contributed by atoms with van der Waals surface area (Å²) in [5, 5.41) is 0. The molecule has 3 aromatic carbocycles. The van der Waals surface area contributed by atoms with Crippen molar-refractivity contribution in [2.45, 2.75) is 96.5 Å². The van der Waals surface area contributed by atoms with Crippen LogP contribution in [0.25, 0.3) is 22.3 Å². The van der Waals surface area contributed by atoms with Gasteiger partial charge in [-0.25, -0.2) is 13.2 Å². The van der Waals surface area contributed by atoms with E-state index in [1.807, 2.05) is 19.1 Å². The van der Waals surface area contributed by atoms with Crippen molar-refractivity contribution in [1.29, 1.82) is 0 Å². The molecule has 1 heterocycles. The molecule has 0 saturated carbocycles. The fraction of sp³-hybridized carbons (Fsp3) is 0.444. The molecule has 0 aliphatic carbocycles. The quantitative estimate of drug-likeness (QED) is 0.152. The van der Waals surface area contributed by atoms with Crippen molar-refractivity contribution in [1.82, 2.24) is 0 Å². The molecule has 2 atom stereocenters. The van der Waals surface area contributed by atoms with Gasteiger partial charge in [0, 0.05) is 17.0 Å². The number of aryl methyl sites for hydroxylation is 1. The molecule has 2 unspecified atom stereocenters. The second-order valence-corrected chi connectivity index (χ2v) is 11.1. The lowest BCUT2D eigenvalue weighted by atomic mass is 9.89. The van der Waals surface area contributed by atoms with Gasteiger partial charge in [-0.05, 0) is 73.8 Å². The first-order valence-electron chi connectivity index (χ1n) is 15.1. The van der Waals surface area contributed by atoms with Crippen LogP contribution < -0.4 is 0 Å². The summed E-state index contributed by atoms with van der Waals surface area (Å²) in [7, 11) is 0. The van der Waals surface area contributed by atoms with Crippen molar-refractivity contribution in [3.8, 4) is 22.3 Å². The van der Waals surface area contributed by atoms with Gasteiger partial charge in [0.25, 0.3) is 0 Å². The Balaban J connectivity index is 1.38. The molecule has 0 spiro atoms. The largest absolute Gasteiger partial charge is 0.378 e. The molecule has 4 heteroatoms. The molecule has 1 aliphatic heterocycles. The van der Waals surface area contributed by atoms with Crippen LogP contribution in [0.2, 0.25) is 0 Å². The molecule has 0 amide bonds. The molecule has 40 heavy (non-hydrogen) atoms. The summed E-state index contributed by atoms with van der Waals surface area (Å²) >= 11 is 0. The molecule has 0 bridgehead atoms. The van der Waals surface area contributed by atoms with Crippen LogP contribution in [0.4, 0.5) is 13.2 Å². The van der Waals surface area contributed by atoms with Crippen LogP contribution in [0.5, 0.6) is 0 Å². The minimum absolute atomic E-state index is 0.200. The molecule has 0 radical (unpaired) electrons. The first kappa shape index (κ1) is 30.1. The van der Waals surface area contributed by atoms with Crippen LogP contribution in [0.3, 0.4) is 0 Å². The number of hydrogen-bond acceptors (Lipinski definition) is 1. The fourth-order valence-electron chi connectivity index (χ4n) is 5.70. The number of ether oxygens (including phenoxy) is 1. The smallest absolute Gasteiger partial charge is 0.166 e. The third-order valence-electron chi connectivity index (χ3n) is 8.19. The zero-order valence-corrected chi connectivity index (χ0v) is 24.0. The van der Waals surface area contributed by atoms with Crippen molar-refractivity contribution in [2.24, 2.45) is 0 Å². The zero-order valence-electron chi connectivity index (χ0n) is 24.0. The summed E-state index contributed by atoms with van der Waals surface area (Å²) < 4.78 is 51.0. The lowest BCUT2D eigenvalue weighted by Gasteiger charge is -2.29. The molecule has 1 fully saturated rings. The highest BCUT2D eigenvalue weighted by Gasteiger charge is 2.23. The van der Waals surface area contributed by atoms with Gasteiger partial charge in [-0.3, -0.25) is 0 Å². The molecule has 1 aliphatic rings. The summed E-state index contributed by atoms with van der Waals surface area (Å²) in [5.41, 5.74) is 3.40. The van der Waals surface area contributed by atoms with E-state index in [0.29, 0.717) is 35.3 Å². The Morgan fingerprint density at radius 1 is 0.800 bits per heavy atom. The molecule has 0 N–H and O–H groups in total. The van der Waals surface area contributed by atoms with Gasteiger partial charge < -0.3 is 4.74 Å². The minimum atomic E-state index is -0.814. The summed E-state index contributed by atoms with van der Waals surface area (Å²) in [4.78, 5) is 0. The fourth-order valence-corrected chi connectivity index (χ4v) is 5.70. The Labute approximate surface area is 238 Å². The SMILES string of the molecule is CC=CCCC1CCC(c2ccc(-c3ccc(-c4ccc(CCCCCCCC)c(F)c4F)cc3)c(F)c2)CO1. The van der Waals surface area contributed by atoms with Crippen molar-refractivity contribution >= 4 is 0 Å². The number of benzene rings is 3. The third-order valence-corrected chi connectivity index (χ3v) is 8.19. The molecule has 4 rings (SSSR count). The molecular formula is C36H43F3O. The average molecular weight is 549 g/mol. The lowest BCUT2D eigenvalue weighted by molar-refractivity contribution is -0.000225. The van der Waals surface area contributed by atoms with Gasteiger partial charge in [-0.2, -0.15) is 0 Å². The van der Waals surface area contributed by atoms with Crippen molar-refractivity contribution in [3.63, 3.8) is 0 Å². The predicted octanol–water partition coefficient (Wildman–Crippen LogP) is 11.0. The zero-order chi connectivity index (χ0) is 28.3. The monoisotopic (exact) mass is 548 g/mol. The van der Waals surface area contributed by atoms with Gasteiger partial charge in [-0.1, -0.05) is 99.7 Å². The Hall–Kier alpha value is -2.85. The maximum atomic E-state index is 15.2. The van der Waals surface area contributed by atoms with Crippen molar-refractivity contribution < 1.29 is 17.9 Å². The predicted molar refractivity (Wildman–Crippen MR) is 160 cm³/mol. The molecule has 1 saturated heterocycles. The van der Waals surface area contributed by atoms with Gasteiger partial charge in [-0.15, -0.1) is 0 Å². The van der Waals surface area contributed by atoms with Crippen LogP contribution in [0, 0.1) is 17.5 Å². The number of rotatable bonds is 13. The lowest BCUT2D eigenvalue weighted by Crippen LogP contribution is -2.24. The van der Waals surface area contributed by atoms with Gasteiger partial charge in [0.15, 0.2) is 11.6 Å². The highest BCUT2D eigenvalue weighted by atomic mass is 19.2. The van der Waals surface area contributed by atoms with Crippen molar-refractivity contribution in [3.05, 3.63) is 95.3 Å². The number of allylic oxidation sites excluding steroid dienone is 2. The molecular weight excluding hydrogens is 505 g/mol. The molecule has 3 aromatic rings. The van der Waals surface area contributed by atoms with E-state index in [4.69, 9.17) is 4.74 Å². The molecule has 1 nitrogen and oxygen atoms in total. The summed E-state index contributed by atoms with van der Waals surface area (Å²) in [5.74, 6) is -1.65. The Morgan fingerprint density at radius 3 is 2.17 bits per heavy atom. The van der Waals surface area contributed by atoms with Gasteiger partial charge in [0.1, 0.15) is 5.82 Å². The Bertz CT molecular complexity index is 1240. The summed E-state index contributed by atoms with van der Waals surface area (Å²) in [6.07, 6.45) is 15.8. The second-order valence-electron chi connectivity index (χ2n) is 11.1. The third kappa shape index (κ3) is 7.87. The Morgan fingerprint density at radius 2 is 1.50 bits per heavy atom. The van der Waals surface area contributed by atoms with Crippen LogP contribution >= 0.6 is 0 Å². The average Bonchev–Trinajstić information content (AvgIpc) is 2.98. The Kier molecular flexibility index (Phi) is 11.5. The van der Waals surface area contributed by atoms with E-state index < -0.39 is 11.6 Å². The molecule has 214 valence electrons. The van der Waals surface area contributed by atoms with E-state index in [2.05, 4.69) is 19.1 Å².